The van der Waals surface area contributed by atoms with E-state index in [1.54, 1.807) is 14.2 Å². The van der Waals surface area contributed by atoms with Gasteiger partial charge in [-0.3, -0.25) is 0 Å². The molecule has 1 aliphatic heterocycles. The van der Waals surface area contributed by atoms with Crippen LogP contribution in [-0.4, -0.2) is 49.2 Å². The molecule has 11 heavy (non-hydrogen) atoms. The van der Waals surface area contributed by atoms with E-state index < -0.39 is 9.76 Å². The maximum Gasteiger partial charge on any atom is 0.223 e. The Kier molecular flexibility index (Phi) is 4.02. The Labute approximate surface area is 68.7 Å². The van der Waals surface area contributed by atoms with Crippen LogP contribution in [0.3, 0.4) is 0 Å². The van der Waals surface area contributed by atoms with Gasteiger partial charge in [-0.2, -0.15) is 0 Å². The minimum Gasteiger partial charge on any atom is -0.415 e. The van der Waals surface area contributed by atoms with E-state index in [0.29, 0.717) is 12.7 Å². The molecule has 0 aromatic carbocycles. The van der Waals surface area contributed by atoms with E-state index in [-0.39, 0.29) is 5.91 Å². The van der Waals surface area contributed by atoms with Gasteiger partial charge in [-0.1, -0.05) is 0 Å². The first kappa shape index (κ1) is 9.15. The second kappa shape index (κ2) is 4.84. The third-order valence-electron chi connectivity index (χ3n) is 1.49. The number of hydrogen-bond acceptors (Lipinski definition) is 4. The maximum atomic E-state index is 5.37. The lowest BCUT2D eigenvalue weighted by atomic mass is 10.5. The van der Waals surface area contributed by atoms with Crippen molar-refractivity contribution < 1.29 is 18.6 Å². The highest BCUT2D eigenvalue weighted by molar-refractivity contribution is 6.28. The molecular weight excluding hydrogens is 164 g/mol. The first-order chi connectivity index (χ1) is 5.36. The van der Waals surface area contributed by atoms with Crippen molar-refractivity contribution in [2.45, 2.75) is 12.0 Å². The molecule has 0 radical (unpaired) electrons. The summed E-state index contributed by atoms with van der Waals surface area (Å²) < 4.78 is 20.3. The monoisotopic (exact) mass is 178 g/mol. The molecule has 1 fully saturated rings. The van der Waals surface area contributed by atoms with E-state index in [2.05, 4.69) is 0 Å². The van der Waals surface area contributed by atoms with Crippen LogP contribution in [0.5, 0.6) is 0 Å². The van der Waals surface area contributed by atoms with Gasteiger partial charge in [0.1, 0.15) is 6.10 Å². The molecule has 5 heteroatoms. The third-order valence-corrected chi connectivity index (χ3v) is 2.90. The average Bonchev–Trinajstić information content (AvgIpc) is 2.82. The first-order valence-electron chi connectivity index (χ1n) is 3.61. The Balaban J connectivity index is 1.90. The summed E-state index contributed by atoms with van der Waals surface area (Å²) in [5, 5.41) is 0. The van der Waals surface area contributed by atoms with Crippen molar-refractivity contribution in [2.75, 3.05) is 27.4 Å². The van der Waals surface area contributed by atoms with Crippen LogP contribution >= 0.6 is 0 Å². The molecule has 0 spiro atoms. The molecule has 4 nitrogen and oxygen atoms in total. The van der Waals surface area contributed by atoms with Gasteiger partial charge in [-0.25, -0.2) is 0 Å². The second-order valence-electron chi connectivity index (χ2n) is 2.39. The Morgan fingerprint density at radius 2 is 2.18 bits per heavy atom. The number of methoxy groups -OCH3 is 2. The van der Waals surface area contributed by atoms with Gasteiger partial charge in [0.25, 0.3) is 0 Å². The van der Waals surface area contributed by atoms with Crippen LogP contribution in [-0.2, 0) is 18.6 Å². The van der Waals surface area contributed by atoms with Crippen molar-refractivity contribution in [1.29, 1.82) is 0 Å². The number of epoxide rings is 1. The van der Waals surface area contributed by atoms with Gasteiger partial charge in [0.15, 0.2) is 5.91 Å². The Bertz CT molecular complexity index is 103. The smallest absolute Gasteiger partial charge is 0.223 e. The Morgan fingerprint density at radius 1 is 1.55 bits per heavy atom. The summed E-state index contributed by atoms with van der Waals surface area (Å²) in [4.78, 5) is 0. The highest BCUT2D eigenvalue weighted by Crippen LogP contribution is 2.08. The van der Waals surface area contributed by atoms with E-state index in [1.807, 2.05) is 0 Å². The third kappa shape index (κ3) is 3.83. The van der Waals surface area contributed by atoms with Crippen molar-refractivity contribution in [1.82, 2.24) is 0 Å². The van der Waals surface area contributed by atoms with E-state index >= 15 is 0 Å². The number of rotatable bonds is 6. The summed E-state index contributed by atoms with van der Waals surface area (Å²) in [6.07, 6.45) is 0.344. The highest BCUT2D eigenvalue weighted by atomic mass is 28.2. The molecule has 0 bridgehead atoms. The predicted octanol–water partition coefficient (Wildman–Crippen LogP) is -0.938. The number of hydrogen-bond donors (Lipinski definition) is 0. The normalized spacial score (nSPS) is 23.7. The van der Waals surface area contributed by atoms with Crippen LogP contribution in [0.4, 0.5) is 0 Å². The molecule has 0 aromatic rings. The minimum atomic E-state index is -0.702. The van der Waals surface area contributed by atoms with Gasteiger partial charge >= 0.3 is 0 Å². The van der Waals surface area contributed by atoms with Crippen molar-refractivity contribution in [2.24, 2.45) is 0 Å². The summed E-state index contributed by atoms with van der Waals surface area (Å²) in [5.74, 6) is -0.117. The lowest BCUT2D eigenvalue weighted by molar-refractivity contribution is -0.0529. The largest absolute Gasteiger partial charge is 0.415 e. The predicted molar refractivity (Wildman–Crippen MR) is 42.0 cm³/mol. The number of ether oxygens (including phenoxy) is 3. The Hall–Kier alpha value is 0.0569. The summed E-state index contributed by atoms with van der Waals surface area (Å²) in [6, 6.07) is 0. The average molecular weight is 178 g/mol. The highest BCUT2D eigenvalue weighted by Gasteiger charge is 2.22. The molecule has 1 saturated heterocycles. The van der Waals surface area contributed by atoms with Gasteiger partial charge < -0.3 is 18.6 Å². The van der Waals surface area contributed by atoms with E-state index in [9.17, 15) is 0 Å². The van der Waals surface area contributed by atoms with Crippen molar-refractivity contribution in [3.63, 3.8) is 0 Å². The van der Waals surface area contributed by atoms with Crippen LogP contribution < -0.4 is 0 Å². The maximum absolute atomic E-state index is 5.37. The van der Waals surface area contributed by atoms with E-state index in [0.717, 1.165) is 6.61 Å². The molecule has 0 aliphatic carbocycles. The van der Waals surface area contributed by atoms with Crippen LogP contribution in [0.15, 0.2) is 0 Å². The van der Waals surface area contributed by atoms with Crippen LogP contribution in [0.2, 0.25) is 0 Å². The van der Waals surface area contributed by atoms with Crippen LogP contribution in [0.25, 0.3) is 0 Å². The summed E-state index contributed by atoms with van der Waals surface area (Å²) in [6.45, 7) is 1.55. The molecule has 1 rings (SSSR count). The van der Waals surface area contributed by atoms with Crippen LogP contribution in [0.1, 0.15) is 0 Å². The summed E-state index contributed by atoms with van der Waals surface area (Å²) in [5.41, 5.74) is 0. The van der Waals surface area contributed by atoms with Crippen molar-refractivity contribution >= 4 is 9.76 Å². The Morgan fingerprint density at radius 3 is 2.64 bits per heavy atom. The molecule has 1 heterocycles. The molecule has 0 amide bonds. The van der Waals surface area contributed by atoms with Crippen LogP contribution in [0, 0.1) is 0 Å². The zero-order valence-electron chi connectivity index (χ0n) is 6.91. The summed E-state index contributed by atoms with van der Waals surface area (Å²) >= 11 is 0. The van der Waals surface area contributed by atoms with E-state index in [1.165, 1.54) is 0 Å². The molecule has 1 unspecified atom stereocenters. The first-order valence-corrected chi connectivity index (χ1v) is 5.01. The standard InChI is InChI=1S/C6H14O4Si/c1-7-6(8-2)11-10-4-5-3-9-5/h5-6H,3-4,11H2,1-2H3. The molecular formula is C6H14O4Si. The molecule has 1 atom stereocenters. The SMILES string of the molecule is COC(OC)[SiH2]OCC1CO1. The minimum absolute atomic E-state index is 0.117. The lowest BCUT2D eigenvalue weighted by Crippen LogP contribution is -2.25. The quantitative estimate of drug-likeness (QED) is 0.299. The van der Waals surface area contributed by atoms with Gasteiger partial charge in [0.05, 0.1) is 13.2 Å². The molecule has 0 N–H and O–H groups in total. The van der Waals surface area contributed by atoms with Gasteiger partial charge in [0, 0.05) is 14.2 Å². The topological polar surface area (TPSA) is 40.2 Å². The van der Waals surface area contributed by atoms with Gasteiger partial charge in [-0.05, 0) is 0 Å². The van der Waals surface area contributed by atoms with Crippen molar-refractivity contribution in [3.8, 4) is 0 Å². The van der Waals surface area contributed by atoms with Crippen molar-refractivity contribution in [3.05, 3.63) is 0 Å². The molecule has 66 valence electrons. The molecule has 0 aromatic heterocycles. The fourth-order valence-electron chi connectivity index (χ4n) is 0.692. The fourth-order valence-corrected chi connectivity index (χ4v) is 1.56. The zero-order chi connectivity index (χ0) is 8.10. The van der Waals surface area contributed by atoms with E-state index in [4.69, 9.17) is 18.6 Å². The zero-order valence-corrected chi connectivity index (χ0v) is 8.32. The molecule has 1 aliphatic rings. The van der Waals surface area contributed by atoms with Gasteiger partial charge in [-0.15, -0.1) is 0 Å². The lowest BCUT2D eigenvalue weighted by Gasteiger charge is -2.11. The van der Waals surface area contributed by atoms with Gasteiger partial charge in [0.2, 0.25) is 9.76 Å². The second-order valence-corrected chi connectivity index (χ2v) is 3.80. The summed E-state index contributed by atoms with van der Waals surface area (Å²) in [7, 11) is 2.54. The molecule has 0 saturated carbocycles. The fraction of sp³-hybridized carbons (Fsp3) is 1.00.